The van der Waals surface area contributed by atoms with E-state index in [1.54, 1.807) is 21.0 Å². The van der Waals surface area contributed by atoms with Gasteiger partial charge in [-0.1, -0.05) is 6.07 Å². The summed E-state index contributed by atoms with van der Waals surface area (Å²) in [6.45, 7) is 3.79. The van der Waals surface area contributed by atoms with Gasteiger partial charge in [-0.25, -0.2) is 0 Å². The molecule has 1 aromatic rings. The number of hydrogen-bond donors (Lipinski definition) is 2. The van der Waals surface area contributed by atoms with Crippen LogP contribution in [-0.2, 0) is 11.3 Å². The second kappa shape index (κ2) is 5.51. The largest absolute Gasteiger partial charge is 0.496 e. The summed E-state index contributed by atoms with van der Waals surface area (Å²) in [5.74, 6) is 0.587. The highest BCUT2D eigenvalue weighted by molar-refractivity contribution is 9.10. The van der Waals surface area contributed by atoms with E-state index in [0.717, 1.165) is 15.8 Å². The number of carbonyl (C=O) groups excluding carboxylic acids is 1. The van der Waals surface area contributed by atoms with E-state index in [1.165, 1.54) is 0 Å². The summed E-state index contributed by atoms with van der Waals surface area (Å²) in [7, 11) is 1.61. The van der Waals surface area contributed by atoms with Gasteiger partial charge >= 0.3 is 0 Å². The fourth-order valence-electron chi connectivity index (χ4n) is 1.23. The first-order valence-electron chi connectivity index (χ1n) is 5.24. The Morgan fingerprint density at radius 2 is 2.18 bits per heavy atom. The van der Waals surface area contributed by atoms with Gasteiger partial charge in [0.15, 0.2) is 0 Å². The van der Waals surface area contributed by atoms with E-state index in [0.29, 0.717) is 6.54 Å². The molecule has 0 aliphatic heterocycles. The lowest BCUT2D eigenvalue weighted by molar-refractivity contribution is -0.125. The molecule has 0 aromatic heterocycles. The Morgan fingerprint density at radius 1 is 1.53 bits per heavy atom. The average molecular weight is 301 g/mol. The van der Waals surface area contributed by atoms with E-state index in [9.17, 15) is 4.79 Å². The number of ether oxygens (including phenoxy) is 1. The molecule has 3 N–H and O–H groups in total. The lowest BCUT2D eigenvalue weighted by Gasteiger charge is -2.17. The van der Waals surface area contributed by atoms with E-state index in [2.05, 4.69) is 21.2 Å². The monoisotopic (exact) mass is 300 g/mol. The first-order chi connectivity index (χ1) is 7.84. The van der Waals surface area contributed by atoms with Crippen molar-refractivity contribution >= 4 is 21.8 Å². The molecule has 0 bridgehead atoms. The second-order valence-corrected chi connectivity index (χ2v) is 5.23. The molecule has 4 nitrogen and oxygen atoms in total. The molecule has 94 valence electrons. The molecule has 1 aromatic carbocycles. The number of methoxy groups -OCH3 is 1. The number of carbonyl (C=O) groups is 1. The number of amides is 1. The average Bonchev–Trinajstić information content (AvgIpc) is 2.24. The Balaban J connectivity index is 2.65. The van der Waals surface area contributed by atoms with Gasteiger partial charge in [0.2, 0.25) is 5.91 Å². The van der Waals surface area contributed by atoms with Gasteiger partial charge in [0, 0.05) is 6.54 Å². The lowest BCUT2D eigenvalue weighted by Crippen LogP contribution is -2.48. The third-order valence-corrected chi connectivity index (χ3v) is 2.87. The molecule has 1 amide bonds. The van der Waals surface area contributed by atoms with Crippen LogP contribution in [0.15, 0.2) is 22.7 Å². The predicted molar refractivity (Wildman–Crippen MR) is 70.8 cm³/mol. The Bertz CT molecular complexity index is 413. The summed E-state index contributed by atoms with van der Waals surface area (Å²) in [6.07, 6.45) is 0. The molecule has 17 heavy (non-hydrogen) atoms. The highest BCUT2D eigenvalue weighted by Gasteiger charge is 2.21. The van der Waals surface area contributed by atoms with Gasteiger partial charge in [0.1, 0.15) is 5.75 Å². The molecule has 0 aliphatic carbocycles. The number of nitrogens with two attached hydrogens (primary N) is 1. The van der Waals surface area contributed by atoms with Crippen molar-refractivity contribution in [2.75, 3.05) is 7.11 Å². The molecule has 0 atom stereocenters. The molecule has 0 fully saturated rings. The maximum atomic E-state index is 11.6. The molecule has 0 heterocycles. The van der Waals surface area contributed by atoms with Gasteiger partial charge in [-0.2, -0.15) is 0 Å². The fraction of sp³-hybridized carbons (Fsp3) is 0.417. The van der Waals surface area contributed by atoms with E-state index in [4.69, 9.17) is 10.5 Å². The van der Waals surface area contributed by atoms with Crippen molar-refractivity contribution in [3.05, 3.63) is 28.2 Å². The molecule has 5 heteroatoms. The molecule has 0 radical (unpaired) electrons. The van der Waals surface area contributed by atoms with Gasteiger partial charge in [-0.15, -0.1) is 0 Å². The zero-order chi connectivity index (χ0) is 13.1. The number of rotatable bonds is 4. The first-order valence-corrected chi connectivity index (χ1v) is 6.03. The summed E-state index contributed by atoms with van der Waals surface area (Å²) < 4.78 is 5.99. The van der Waals surface area contributed by atoms with Crippen LogP contribution in [0.4, 0.5) is 0 Å². The number of hydrogen-bond acceptors (Lipinski definition) is 3. The third-order valence-electron chi connectivity index (χ3n) is 2.25. The van der Waals surface area contributed by atoms with Crippen molar-refractivity contribution in [1.82, 2.24) is 5.32 Å². The molecule has 0 aliphatic rings. The van der Waals surface area contributed by atoms with Crippen molar-refractivity contribution in [3.8, 4) is 5.75 Å². The van der Waals surface area contributed by atoms with Gasteiger partial charge in [0.05, 0.1) is 17.1 Å². The minimum Gasteiger partial charge on any atom is -0.496 e. The minimum absolute atomic E-state index is 0.176. The minimum atomic E-state index is -0.857. The number of halogens is 1. The predicted octanol–water partition coefficient (Wildman–Crippen LogP) is 1.81. The normalized spacial score (nSPS) is 11.1. The summed E-state index contributed by atoms with van der Waals surface area (Å²) in [6, 6.07) is 5.65. The lowest BCUT2D eigenvalue weighted by atomic mass is 10.1. The van der Waals surface area contributed by atoms with E-state index in [-0.39, 0.29) is 5.91 Å². The first kappa shape index (κ1) is 14.0. The van der Waals surface area contributed by atoms with Gasteiger partial charge in [-0.3, -0.25) is 4.79 Å². The molecule has 0 saturated carbocycles. The smallest absolute Gasteiger partial charge is 0.239 e. The zero-order valence-electron chi connectivity index (χ0n) is 10.2. The van der Waals surface area contributed by atoms with E-state index < -0.39 is 5.54 Å². The molecule has 1 rings (SSSR count). The summed E-state index contributed by atoms with van der Waals surface area (Å²) in [5, 5.41) is 2.78. The van der Waals surface area contributed by atoms with Crippen molar-refractivity contribution in [3.63, 3.8) is 0 Å². The summed E-state index contributed by atoms with van der Waals surface area (Å²) in [5.41, 5.74) is 5.80. The van der Waals surface area contributed by atoms with Crippen LogP contribution < -0.4 is 15.8 Å². The Morgan fingerprint density at radius 3 is 2.65 bits per heavy atom. The van der Waals surface area contributed by atoms with Crippen molar-refractivity contribution < 1.29 is 9.53 Å². The highest BCUT2D eigenvalue weighted by atomic mass is 79.9. The van der Waals surface area contributed by atoms with Crippen LogP contribution >= 0.6 is 15.9 Å². The van der Waals surface area contributed by atoms with Crippen LogP contribution in [0.25, 0.3) is 0 Å². The Labute approximate surface area is 110 Å². The molecule has 0 saturated heterocycles. The van der Waals surface area contributed by atoms with Gasteiger partial charge in [0.25, 0.3) is 0 Å². The molecular formula is C12H17BrN2O2. The molecule has 0 unspecified atom stereocenters. The fourth-order valence-corrected chi connectivity index (χ4v) is 1.82. The standard InChI is InChI=1S/C12H17BrN2O2/c1-12(2,14)11(16)15-7-8-4-5-10(17-3)9(13)6-8/h4-6H,7,14H2,1-3H3,(H,15,16). The maximum absolute atomic E-state index is 11.6. The number of nitrogens with one attached hydrogen (secondary N) is 1. The molecule has 0 spiro atoms. The van der Waals surface area contributed by atoms with Crippen LogP contribution in [0, 0.1) is 0 Å². The van der Waals surface area contributed by atoms with E-state index >= 15 is 0 Å². The summed E-state index contributed by atoms with van der Waals surface area (Å²) in [4.78, 5) is 11.6. The topological polar surface area (TPSA) is 64.3 Å². The SMILES string of the molecule is COc1ccc(CNC(=O)C(C)(C)N)cc1Br. The highest BCUT2D eigenvalue weighted by Crippen LogP contribution is 2.25. The third kappa shape index (κ3) is 4.02. The van der Waals surface area contributed by atoms with Crippen LogP contribution in [0.2, 0.25) is 0 Å². The number of benzene rings is 1. The van der Waals surface area contributed by atoms with Crippen molar-refractivity contribution in [2.45, 2.75) is 25.9 Å². The Hall–Kier alpha value is -1.07. The van der Waals surface area contributed by atoms with Gasteiger partial charge < -0.3 is 15.8 Å². The second-order valence-electron chi connectivity index (χ2n) is 4.37. The van der Waals surface area contributed by atoms with Crippen molar-refractivity contribution in [2.24, 2.45) is 5.73 Å². The zero-order valence-corrected chi connectivity index (χ0v) is 11.8. The van der Waals surface area contributed by atoms with Crippen LogP contribution in [0.3, 0.4) is 0 Å². The van der Waals surface area contributed by atoms with E-state index in [1.807, 2.05) is 18.2 Å². The quantitative estimate of drug-likeness (QED) is 0.891. The van der Waals surface area contributed by atoms with Crippen LogP contribution in [0.1, 0.15) is 19.4 Å². The van der Waals surface area contributed by atoms with Crippen LogP contribution in [-0.4, -0.2) is 18.6 Å². The Kier molecular flexibility index (Phi) is 4.54. The summed E-state index contributed by atoms with van der Waals surface area (Å²) >= 11 is 3.39. The van der Waals surface area contributed by atoms with Crippen LogP contribution in [0.5, 0.6) is 5.75 Å². The van der Waals surface area contributed by atoms with Crippen molar-refractivity contribution in [1.29, 1.82) is 0 Å². The molecular weight excluding hydrogens is 284 g/mol. The maximum Gasteiger partial charge on any atom is 0.239 e. The van der Waals surface area contributed by atoms with Gasteiger partial charge in [-0.05, 0) is 47.5 Å².